The highest BCUT2D eigenvalue weighted by atomic mass is 79.9. The number of amides is 1. The topological polar surface area (TPSA) is 64.4 Å². The second kappa shape index (κ2) is 6.31. The van der Waals surface area contributed by atoms with Gasteiger partial charge in [0.05, 0.1) is 6.61 Å². The molecule has 0 fully saturated rings. The van der Waals surface area contributed by atoms with E-state index >= 15 is 0 Å². The lowest BCUT2D eigenvalue weighted by Crippen LogP contribution is -2.26. The second-order valence-corrected chi connectivity index (χ2v) is 5.32. The third kappa shape index (κ3) is 3.54. The van der Waals surface area contributed by atoms with Crippen LogP contribution in [0, 0.1) is 0 Å². The maximum absolute atomic E-state index is 10.5. The van der Waals surface area contributed by atoms with E-state index in [1.54, 1.807) is 0 Å². The van der Waals surface area contributed by atoms with Crippen molar-refractivity contribution >= 4 is 21.8 Å². The van der Waals surface area contributed by atoms with Gasteiger partial charge in [-0.25, -0.2) is 0 Å². The largest absolute Gasteiger partial charge is 0.370 e. The molecule has 0 saturated carbocycles. The molecule has 1 unspecified atom stereocenters. The van der Waals surface area contributed by atoms with Crippen LogP contribution in [0.15, 0.2) is 22.7 Å². The van der Waals surface area contributed by atoms with Gasteiger partial charge in [0.15, 0.2) is 0 Å². The summed E-state index contributed by atoms with van der Waals surface area (Å²) in [5, 5.41) is 3.44. The molecule has 0 bridgehead atoms. The minimum atomic E-state index is -0.425. The summed E-state index contributed by atoms with van der Waals surface area (Å²) in [6.07, 6.45) is 2.22. The van der Waals surface area contributed by atoms with Crippen molar-refractivity contribution in [3.63, 3.8) is 0 Å². The Kier molecular flexibility index (Phi) is 4.74. The van der Waals surface area contributed by atoms with E-state index in [0.717, 1.165) is 23.9 Å². The van der Waals surface area contributed by atoms with Gasteiger partial charge in [0.25, 0.3) is 0 Å². The average Bonchev–Trinajstić information content (AvgIpc) is 2.70. The predicted molar refractivity (Wildman–Crippen MR) is 73.2 cm³/mol. The Hall–Kier alpha value is -0.910. The number of primary amides is 1. The van der Waals surface area contributed by atoms with E-state index < -0.39 is 5.91 Å². The van der Waals surface area contributed by atoms with Crippen molar-refractivity contribution in [2.24, 2.45) is 5.73 Å². The molecule has 1 aliphatic carbocycles. The summed E-state index contributed by atoms with van der Waals surface area (Å²) in [5.74, 6) is -0.425. The Labute approximate surface area is 115 Å². The number of fused-ring (bicyclic) bond motifs is 1. The maximum atomic E-state index is 10.5. The van der Waals surface area contributed by atoms with Gasteiger partial charge in [-0.15, -0.1) is 0 Å². The fourth-order valence-corrected chi connectivity index (χ4v) is 2.68. The minimum absolute atomic E-state index is 0.00409. The van der Waals surface area contributed by atoms with Crippen molar-refractivity contribution in [1.82, 2.24) is 5.32 Å². The summed E-state index contributed by atoms with van der Waals surface area (Å²) < 4.78 is 6.25. The molecule has 0 aliphatic heterocycles. The smallest absolute Gasteiger partial charge is 0.243 e. The lowest BCUT2D eigenvalue weighted by molar-refractivity contribution is -0.122. The predicted octanol–water partition coefficient (Wildman–Crippen LogP) is 1.53. The first-order valence-electron chi connectivity index (χ1n) is 6.04. The zero-order valence-corrected chi connectivity index (χ0v) is 11.7. The number of carbonyl (C=O) groups is 1. The van der Waals surface area contributed by atoms with Crippen molar-refractivity contribution < 1.29 is 9.53 Å². The number of benzene rings is 1. The summed E-state index contributed by atoms with van der Waals surface area (Å²) in [5.41, 5.74) is 7.76. The molecule has 1 aromatic rings. The number of nitrogens with one attached hydrogen (secondary N) is 1. The molecular formula is C13H17BrN2O2. The van der Waals surface area contributed by atoms with E-state index in [1.807, 2.05) is 0 Å². The first kappa shape index (κ1) is 13.5. The van der Waals surface area contributed by atoms with Gasteiger partial charge in [-0.05, 0) is 36.1 Å². The highest BCUT2D eigenvalue weighted by Gasteiger charge is 2.21. The van der Waals surface area contributed by atoms with Crippen LogP contribution in [0.2, 0.25) is 0 Å². The van der Waals surface area contributed by atoms with Gasteiger partial charge in [0.2, 0.25) is 5.91 Å². The highest BCUT2D eigenvalue weighted by Crippen LogP contribution is 2.32. The molecule has 1 atom stereocenters. The minimum Gasteiger partial charge on any atom is -0.370 e. The third-order valence-electron chi connectivity index (χ3n) is 3.06. The number of aryl methyl sites for hydroxylation is 1. The standard InChI is InChI=1S/C13H17BrN2O2/c14-10-2-3-11-9(7-10)1-4-12(11)16-5-6-18-8-13(15)17/h2-3,7,12,16H,1,4-6,8H2,(H2,15,17). The van der Waals surface area contributed by atoms with E-state index in [0.29, 0.717) is 12.6 Å². The number of nitrogens with two attached hydrogens (primary N) is 1. The fourth-order valence-electron chi connectivity index (χ4n) is 2.28. The number of hydrogen-bond donors (Lipinski definition) is 2. The van der Waals surface area contributed by atoms with Crippen LogP contribution in [0.1, 0.15) is 23.6 Å². The van der Waals surface area contributed by atoms with Gasteiger partial charge in [-0.2, -0.15) is 0 Å². The van der Waals surface area contributed by atoms with Gasteiger partial charge < -0.3 is 15.8 Å². The second-order valence-electron chi connectivity index (χ2n) is 4.41. The molecular weight excluding hydrogens is 296 g/mol. The van der Waals surface area contributed by atoms with Gasteiger partial charge in [0.1, 0.15) is 6.61 Å². The zero-order chi connectivity index (χ0) is 13.0. The molecule has 2 rings (SSSR count). The van der Waals surface area contributed by atoms with Gasteiger partial charge >= 0.3 is 0 Å². The molecule has 1 aliphatic rings. The van der Waals surface area contributed by atoms with Crippen LogP contribution >= 0.6 is 15.9 Å². The van der Waals surface area contributed by atoms with Crippen LogP contribution in [-0.4, -0.2) is 25.7 Å². The van der Waals surface area contributed by atoms with Gasteiger partial charge in [-0.3, -0.25) is 4.79 Å². The van der Waals surface area contributed by atoms with Crippen molar-refractivity contribution in [2.75, 3.05) is 19.8 Å². The number of ether oxygens (including phenoxy) is 1. The normalized spacial score (nSPS) is 17.7. The van der Waals surface area contributed by atoms with Crippen molar-refractivity contribution in [3.8, 4) is 0 Å². The molecule has 0 spiro atoms. The summed E-state index contributed by atoms with van der Waals surface area (Å²) in [6, 6.07) is 6.81. The van der Waals surface area contributed by atoms with E-state index in [-0.39, 0.29) is 6.61 Å². The summed E-state index contributed by atoms with van der Waals surface area (Å²) in [7, 11) is 0. The van der Waals surface area contributed by atoms with Crippen molar-refractivity contribution in [2.45, 2.75) is 18.9 Å². The number of halogens is 1. The van der Waals surface area contributed by atoms with E-state index in [2.05, 4.69) is 39.4 Å². The maximum Gasteiger partial charge on any atom is 0.243 e. The fraction of sp³-hybridized carbons (Fsp3) is 0.462. The van der Waals surface area contributed by atoms with Crippen LogP contribution in [0.4, 0.5) is 0 Å². The molecule has 0 heterocycles. The average molecular weight is 313 g/mol. The molecule has 5 heteroatoms. The lowest BCUT2D eigenvalue weighted by atomic mass is 10.1. The molecule has 0 saturated heterocycles. The summed E-state index contributed by atoms with van der Waals surface area (Å²) in [4.78, 5) is 10.5. The molecule has 98 valence electrons. The van der Waals surface area contributed by atoms with Crippen LogP contribution in [-0.2, 0) is 16.0 Å². The number of carbonyl (C=O) groups excluding carboxylic acids is 1. The van der Waals surface area contributed by atoms with Crippen molar-refractivity contribution in [3.05, 3.63) is 33.8 Å². The first-order chi connectivity index (χ1) is 8.66. The lowest BCUT2D eigenvalue weighted by Gasteiger charge is -2.14. The van der Waals surface area contributed by atoms with Crippen LogP contribution < -0.4 is 11.1 Å². The SMILES string of the molecule is NC(=O)COCCNC1CCc2cc(Br)ccc21. The Morgan fingerprint density at radius 2 is 2.39 bits per heavy atom. The van der Waals surface area contributed by atoms with E-state index in [1.165, 1.54) is 11.1 Å². The Balaban J connectivity index is 1.78. The summed E-state index contributed by atoms with van der Waals surface area (Å²) in [6.45, 7) is 1.23. The van der Waals surface area contributed by atoms with Crippen LogP contribution in [0.3, 0.4) is 0 Å². The Bertz CT molecular complexity index is 437. The van der Waals surface area contributed by atoms with Gasteiger partial charge in [0, 0.05) is 17.1 Å². The summed E-state index contributed by atoms with van der Waals surface area (Å²) >= 11 is 3.49. The van der Waals surface area contributed by atoms with E-state index in [4.69, 9.17) is 10.5 Å². The van der Waals surface area contributed by atoms with Gasteiger partial charge in [-0.1, -0.05) is 22.0 Å². The third-order valence-corrected chi connectivity index (χ3v) is 3.56. The van der Waals surface area contributed by atoms with Crippen LogP contribution in [0.5, 0.6) is 0 Å². The van der Waals surface area contributed by atoms with Crippen LogP contribution in [0.25, 0.3) is 0 Å². The Morgan fingerprint density at radius 1 is 1.56 bits per heavy atom. The molecule has 4 nitrogen and oxygen atoms in total. The Morgan fingerprint density at radius 3 is 3.17 bits per heavy atom. The highest BCUT2D eigenvalue weighted by molar-refractivity contribution is 9.10. The number of rotatable bonds is 6. The molecule has 0 radical (unpaired) electrons. The first-order valence-corrected chi connectivity index (χ1v) is 6.84. The quantitative estimate of drug-likeness (QED) is 0.783. The molecule has 1 aromatic carbocycles. The van der Waals surface area contributed by atoms with Crippen molar-refractivity contribution in [1.29, 1.82) is 0 Å². The van der Waals surface area contributed by atoms with E-state index in [9.17, 15) is 4.79 Å². The zero-order valence-electron chi connectivity index (χ0n) is 10.1. The number of hydrogen-bond acceptors (Lipinski definition) is 3. The molecule has 1 amide bonds. The molecule has 18 heavy (non-hydrogen) atoms. The monoisotopic (exact) mass is 312 g/mol. The molecule has 0 aromatic heterocycles. The molecule has 3 N–H and O–H groups in total.